The Morgan fingerprint density at radius 1 is 1.10 bits per heavy atom. The molecule has 160 valence electrons. The van der Waals surface area contributed by atoms with Gasteiger partial charge in [0.1, 0.15) is 0 Å². The van der Waals surface area contributed by atoms with Crippen LogP contribution in [-0.2, 0) is 17.9 Å². The van der Waals surface area contributed by atoms with E-state index in [1.54, 1.807) is 0 Å². The lowest BCUT2D eigenvalue weighted by Crippen LogP contribution is -2.45. The Balaban J connectivity index is 1.60. The van der Waals surface area contributed by atoms with Gasteiger partial charge >= 0.3 is 0 Å². The molecular formula is C23H37N5O. The molecule has 1 atom stereocenters. The molecule has 6 heteroatoms. The van der Waals surface area contributed by atoms with Crippen molar-refractivity contribution in [1.82, 2.24) is 20.4 Å². The summed E-state index contributed by atoms with van der Waals surface area (Å²) in [5.74, 6) is 1.08. The Morgan fingerprint density at radius 3 is 2.59 bits per heavy atom. The molecule has 1 aromatic rings. The summed E-state index contributed by atoms with van der Waals surface area (Å²) >= 11 is 0. The van der Waals surface area contributed by atoms with Gasteiger partial charge in [-0.1, -0.05) is 37.6 Å². The fourth-order valence-corrected chi connectivity index (χ4v) is 4.23. The minimum Gasteiger partial charge on any atom is -0.357 e. The number of amides is 1. The average Bonchev–Trinajstić information content (AvgIpc) is 3.22. The smallest absolute Gasteiger partial charge is 0.222 e. The predicted molar refractivity (Wildman–Crippen MR) is 119 cm³/mol. The molecule has 0 spiro atoms. The molecule has 2 saturated heterocycles. The Labute approximate surface area is 175 Å². The number of piperidine rings is 1. The third-order valence-electron chi connectivity index (χ3n) is 5.90. The maximum atomic E-state index is 11.9. The minimum absolute atomic E-state index is 0.239. The van der Waals surface area contributed by atoms with Gasteiger partial charge in [-0.05, 0) is 50.4 Å². The monoisotopic (exact) mass is 399 g/mol. The second kappa shape index (κ2) is 11.2. The number of aliphatic imine (C=N–C) groups is 1. The number of hydrogen-bond donors (Lipinski definition) is 2. The summed E-state index contributed by atoms with van der Waals surface area (Å²) in [7, 11) is 0. The molecule has 2 aliphatic rings. The van der Waals surface area contributed by atoms with Crippen LogP contribution in [0.3, 0.4) is 0 Å². The molecule has 2 aliphatic heterocycles. The molecule has 2 heterocycles. The van der Waals surface area contributed by atoms with Crippen LogP contribution < -0.4 is 10.6 Å². The zero-order valence-electron chi connectivity index (χ0n) is 18.1. The fourth-order valence-electron chi connectivity index (χ4n) is 4.23. The van der Waals surface area contributed by atoms with Crippen LogP contribution in [0.2, 0.25) is 0 Å². The molecule has 0 aliphatic carbocycles. The van der Waals surface area contributed by atoms with Gasteiger partial charge in [-0.25, -0.2) is 4.99 Å². The maximum absolute atomic E-state index is 11.9. The quantitative estimate of drug-likeness (QED) is 0.547. The average molecular weight is 400 g/mol. The van der Waals surface area contributed by atoms with Crippen molar-refractivity contribution in [2.45, 2.75) is 65.1 Å². The number of benzene rings is 1. The molecule has 0 bridgehead atoms. The zero-order valence-corrected chi connectivity index (χ0v) is 18.1. The molecule has 3 rings (SSSR count). The Hall–Kier alpha value is -2.08. The summed E-state index contributed by atoms with van der Waals surface area (Å²) in [6.07, 6.45) is 5.54. The van der Waals surface area contributed by atoms with Crippen LogP contribution in [0.4, 0.5) is 0 Å². The van der Waals surface area contributed by atoms with Crippen LogP contribution in [0.5, 0.6) is 0 Å². The van der Waals surface area contributed by atoms with Gasteiger partial charge in [0.15, 0.2) is 5.96 Å². The number of nitrogens with one attached hydrogen (secondary N) is 2. The first-order valence-electron chi connectivity index (χ1n) is 11.3. The highest BCUT2D eigenvalue weighted by atomic mass is 16.2. The summed E-state index contributed by atoms with van der Waals surface area (Å²) < 4.78 is 0. The molecule has 1 unspecified atom stereocenters. The Kier molecular flexibility index (Phi) is 8.35. The third kappa shape index (κ3) is 6.46. The second-order valence-electron chi connectivity index (χ2n) is 8.12. The van der Waals surface area contributed by atoms with E-state index in [-0.39, 0.29) is 11.9 Å². The van der Waals surface area contributed by atoms with E-state index < -0.39 is 0 Å². The van der Waals surface area contributed by atoms with Crippen molar-refractivity contribution >= 4 is 11.9 Å². The van der Waals surface area contributed by atoms with Gasteiger partial charge in [-0.2, -0.15) is 0 Å². The highest BCUT2D eigenvalue weighted by Crippen LogP contribution is 2.17. The van der Waals surface area contributed by atoms with Crippen LogP contribution in [0.15, 0.2) is 29.3 Å². The standard InChI is InChI=1S/C23H37N5O/c1-3-22(29)28-15-12-21(18-28)26-23(24-4-2)25-16-19-10-6-7-11-20(19)17-27-13-8-5-9-14-27/h6-7,10-11,21H,3-5,8-9,12-18H2,1-2H3,(H2,24,25,26). The number of carbonyl (C=O) groups excluding carboxylic acids is 1. The van der Waals surface area contributed by atoms with E-state index in [0.717, 1.165) is 38.6 Å². The third-order valence-corrected chi connectivity index (χ3v) is 5.90. The van der Waals surface area contributed by atoms with Crippen molar-refractivity contribution in [3.05, 3.63) is 35.4 Å². The molecule has 2 fully saturated rings. The summed E-state index contributed by atoms with van der Waals surface area (Å²) in [4.78, 5) is 21.3. The summed E-state index contributed by atoms with van der Waals surface area (Å²) in [5.41, 5.74) is 2.68. The molecule has 0 aromatic heterocycles. The molecular weight excluding hydrogens is 362 g/mol. The molecule has 0 saturated carbocycles. The van der Waals surface area contributed by atoms with Crippen molar-refractivity contribution in [3.63, 3.8) is 0 Å². The number of likely N-dealkylation sites (tertiary alicyclic amines) is 2. The van der Waals surface area contributed by atoms with E-state index >= 15 is 0 Å². The van der Waals surface area contributed by atoms with E-state index in [4.69, 9.17) is 4.99 Å². The van der Waals surface area contributed by atoms with E-state index in [2.05, 4.69) is 46.7 Å². The maximum Gasteiger partial charge on any atom is 0.222 e. The van der Waals surface area contributed by atoms with E-state index in [0.29, 0.717) is 13.0 Å². The Morgan fingerprint density at radius 2 is 1.86 bits per heavy atom. The fraction of sp³-hybridized carbons (Fsp3) is 0.652. The molecule has 1 amide bonds. The van der Waals surface area contributed by atoms with Crippen LogP contribution >= 0.6 is 0 Å². The normalized spacial score (nSPS) is 20.7. The molecule has 6 nitrogen and oxygen atoms in total. The molecule has 1 aromatic carbocycles. The first kappa shape index (κ1) is 21.6. The van der Waals surface area contributed by atoms with Crippen molar-refractivity contribution in [2.75, 3.05) is 32.7 Å². The van der Waals surface area contributed by atoms with Crippen LogP contribution in [0, 0.1) is 0 Å². The number of carbonyl (C=O) groups is 1. The van der Waals surface area contributed by atoms with Gasteiger partial charge in [0.2, 0.25) is 5.91 Å². The highest BCUT2D eigenvalue weighted by molar-refractivity contribution is 5.80. The van der Waals surface area contributed by atoms with Crippen LogP contribution in [0.25, 0.3) is 0 Å². The Bertz CT molecular complexity index is 684. The SMILES string of the molecule is CCNC(=NCc1ccccc1CN1CCCCC1)NC1CCN(C(=O)CC)C1. The topological polar surface area (TPSA) is 60.0 Å². The highest BCUT2D eigenvalue weighted by Gasteiger charge is 2.25. The lowest BCUT2D eigenvalue weighted by Gasteiger charge is -2.27. The van der Waals surface area contributed by atoms with Gasteiger partial charge in [0, 0.05) is 38.6 Å². The molecule has 29 heavy (non-hydrogen) atoms. The summed E-state index contributed by atoms with van der Waals surface area (Å²) in [5, 5.41) is 6.90. The zero-order chi connectivity index (χ0) is 20.5. The minimum atomic E-state index is 0.239. The van der Waals surface area contributed by atoms with E-state index in [1.807, 2.05) is 11.8 Å². The first-order chi connectivity index (χ1) is 14.2. The van der Waals surface area contributed by atoms with Crippen molar-refractivity contribution < 1.29 is 4.79 Å². The largest absolute Gasteiger partial charge is 0.357 e. The molecule has 2 N–H and O–H groups in total. The van der Waals surface area contributed by atoms with Crippen molar-refractivity contribution in [2.24, 2.45) is 4.99 Å². The predicted octanol–water partition coefficient (Wildman–Crippen LogP) is 2.74. The lowest BCUT2D eigenvalue weighted by molar-refractivity contribution is -0.129. The van der Waals surface area contributed by atoms with E-state index in [9.17, 15) is 4.79 Å². The van der Waals surface area contributed by atoms with Gasteiger partial charge in [-0.3, -0.25) is 9.69 Å². The summed E-state index contributed by atoms with van der Waals surface area (Å²) in [6.45, 7) is 10.5. The number of guanidine groups is 1. The van der Waals surface area contributed by atoms with Crippen LogP contribution in [0.1, 0.15) is 57.1 Å². The van der Waals surface area contributed by atoms with Crippen molar-refractivity contribution in [3.8, 4) is 0 Å². The van der Waals surface area contributed by atoms with E-state index in [1.165, 1.54) is 43.5 Å². The number of nitrogens with zero attached hydrogens (tertiary/aromatic N) is 3. The number of rotatable bonds is 7. The lowest BCUT2D eigenvalue weighted by atomic mass is 10.1. The first-order valence-corrected chi connectivity index (χ1v) is 11.3. The summed E-state index contributed by atoms with van der Waals surface area (Å²) in [6, 6.07) is 8.95. The van der Waals surface area contributed by atoms with Crippen LogP contribution in [-0.4, -0.2) is 60.4 Å². The number of hydrogen-bond acceptors (Lipinski definition) is 3. The van der Waals surface area contributed by atoms with Gasteiger partial charge in [0.25, 0.3) is 0 Å². The van der Waals surface area contributed by atoms with Gasteiger partial charge in [0.05, 0.1) is 6.54 Å². The van der Waals surface area contributed by atoms with Crippen molar-refractivity contribution in [1.29, 1.82) is 0 Å². The van der Waals surface area contributed by atoms with Gasteiger partial charge in [-0.15, -0.1) is 0 Å². The second-order valence-corrected chi connectivity index (χ2v) is 8.12. The molecule has 0 radical (unpaired) electrons. The van der Waals surface area contributed by atoms with Gasteiger partial charge < -0.3 is 15.5 Å².